The zero-order valence-electron chi connectivity index (χ0n) is 15.2. The highest BCUT2D eigenvalue weighted by Crippen LogP contribution is 2.41. The molecule has 3 rings (SSSR count). The van der Waals surface area contributed by atoms with Gasteiger partial charge in [-0.2, -0.15) is 0 Å². The third kappa shape index (κ3) is 4.13. The van der Waals surface area contributed by atoms with Gasteiger partial charge in [0, 0.05) is 17.7 Å². The first-order valence-electron chi connectivity index (χ1n) is 8.93. The van der Waals surface area contributed by atoms with Crippen molar-refractivity contribution in [2.24, 2.45) is 5.73 Å². The van der Waals surface area contributed by atoms with Crippen molar-refractivity contribution in [2.75, 3.05) is 20.3 Å². The van der Waals surface area contributed by atoms with Gasteiger partial charge in [-0.15, -0.1) is 0 Å². The third-order valence-electron chi connectivity index (χ3n) is 4.34. The Balaban J connectivity index is 2.08. The largest absolute Gasteiger partial charge is 0.496 e. The van der Waals surface area contributed by atoms with Crippen LogP contribution in [-0.2, 0) is 11.3 Å². The first kappa shape index (κ1) is 18.2. The lowest BCUT2D eigenvalue weighted by atomic mass is 9.91. The second-order valence-electron chi connectivity index (χ2n) is 6.11. The molecule has 0 atom stereocenters. The van der Waals surface area contributed by atoms with Gasteiger partial charge in [0.2, 0.25) is 0 Å². The molecule has 0 fully saturated rings. The molecule has 0 aliphatic rings. The van der Waals surface area contributed by atoms with Gasteiger partial charge in [-0.3, -0.25) is 0 Å². The predicted molar refractivity (Wildman–Crippen MR) is 107 cm³/mol. The minimum atomic E-state index is 0.512. The van der Waals surface area contributed by atoms with Crippen LogP contribution in [0.1, 0.15) is 12.0 Å². The van der Waals surface area contributed by atoms with E-state index in [1.54, 1.807) is 7.11 Å². The molecule has 134 valence electrons. The van der Waals surface area contributed by atoms with Crippen molar-refractivity contribution in [3.05, 3.63) is 78.4 Å². The molecular weight excluding hydrogens is 322 g/mol. The Kier molecular flexibility index (Phi) is 6.42. The van der Waals surface area contributed by atoms with Crippen molar-refractivity contribution < 1.29 is 9.47 Å². The Hall–Kier alpha value is -2.62. The molecule has 3 heteroatoms. The van der Waals surface area contributed by atoms with Crippen molar-refractivity contribution in [1.82, 2.24) is 0 Å². The molecule has 0 saturated heterocycles. The maximum atomic E-state index is 5.85. The van der Waals surface area contributed by atoms with E-state index in [0.717, 1.165) is 34.4 Å². The smallest absolute Gasteiger partial charge is 0.132 e. The summed E-state index contributed by atoms with van der Waals surface area (Å²) in [6.45, 7) is 1.80. The van der Waals surface area contributed by atoms with Crippen LogP contribution in [-0.4, -0.2) is 20.3 Å². The first-order valence-corrected chi connectivity index (χ1v) is 8.93. The van der Waals surface area contributed by atoms with E-state index in [1.807, 2.05) is 24.3 Å². The van der Waals surface area contributed by atoms with Gasteiger partial charge >= 0.3 is 0 Å². The Bertz CT molecular complexity index is 816. The number of nitrogens with two attached hydrogens (primary N) is 1. The van der Waals surface area contributed by atoms with Crippen molar-refractivity contribution in [2.45, 2.75) is 13.0 Å². The highest BCUT2D eigenvalue weighted by molar-refractivity contribution is 5.88. The van der Waals surface area contributed by atoms with Gasteiger partial charge in [-0.05, 0) is 29.7 Å². The number of hydrogen-bond donors (Lipinski definition) is 1. The molecule has 3 aromatic rings. The van der Waals surface area contributed by atoms with E-state index in [1.165, 1.54) is 5.56 Å². The first-order chi connectivity index (χ1) is 12.8. The summed E-state index contributed by atoms with van der Waals surface area (Å²) in [6.07, 6.45) is 0.857. The summed E-state index contributed by atoms with van der Waals surface area (Å²) in [7, 11) is 1.72. The van der Waals surface area contributed by atoms with Crippen LogP contribution in [0.2, 0.25) is 0 Å². The molecule has 0 aromatic heterocycles. The molecule has 0 spiro atoms. The second kappa shape index (κ2) is 9.18. The molecule has 3 nitrogen and oxygen atoms in total. The molecule has 3 aromatic carbocycles. The van der Waals surface area contributed by atoms with Crippen LogP contribution >= 0.6 is 0 Å². The second-order valence-corrected chi connectivity index (χ2v) is 6.11. The van der Waals surface area contributed by atoms with E-state index < -0.39 is 0 Å². The zero-order chi connectivity index (χ0) is 18.2. The third-order valence-corrected chi connectivity index (χ3v) is 4.34. The lowest BCUT2D eigenvalue weighted by Crippen LogP contribution is -2.05. The maximum Gasteiger partial charge on any atom is 0.132 e. The molecule has 0 bridgehead atoms. The number of hydrogen-bond acceptors (Lipinski definition) is 3. The number of rotatable bonds is 8. The SMILES string of the molecule is COc1c(COCCCN)ccc(-c2ccccc2)c1-c1ccccc1. The number of methoxy groups -OCH3 is 1. The van der Waals surface area contributed by atoms with Crippen LogP contribution in [0.5, 0.6) is 5.75 Å². The number of benzene rings is 3. The minimum absolute atomic E-state index is 0.512. The summed E-state index contributed by atoms with van der Waals surface area (Å²) in [5, 5.41) is 0. The van der Waals surface area contributed by atoms with Crippen LogP contribution in [0.15, 0.2) is 72.8 Å². The lowest BCUT2D eigenvalue weighted by Gasteiger charge is -2.18. The van der Waals surface area contributed by atoms with Crippen LogP contribution in [0.4, 0.5) is 0 Å². The van der Waals surface area contributed by atoms with Gasteiger partial charge in [-0.1, -0.05) is 72.8 Å². The Morgan fingerprint density at radius 3 is 2.08 bits per heavy atom. The summed E-state index contributed by atoms with van der Waals surface area (Å²) in [6, 6.07) is 25.0. The summed E-state index contributed by atoms with van der Waals surface area (Å²) < 4.78 is 11.6. The van der Waals surface area contributed by atoms with Gasteiger partial charge in [0.1, 0.15) is 5.75 Å². The van der Waals surface area contributed by atoms with Crippen LogP contribution in [0.25, 0.3) is 22.3 Å². The Morgan fingerprint density at radius 1 is 0.808 bits per heavy atom. The minimum Gasteiger partial charge on any atom is -0.496 e. The van der Waals surface area contributed by atoms with E-state index in [9.17, 15) is 0 Å². The average Bonchev–Trinajstić information content (AvgIpc) is 2.72. The maximum absolute atomic E-state index is 5.85. The highest BCUT2D eigenvalue weighted by atomic mass is 16.5. The van der Waals surface area contributed by atoms with Crippen LogP contribution < -0.4 is 10.5 Å². The van der Waals surface area contributed by atoms with Gasteiger partial charge in [0.25, 0.3) is 0 Å². The normalized spacial score (nSPS) is 10.7. The summed E-state index contributed by atoms with van der Waals surface area (Å²) >= 11 is 0. The molecule has 0 aliphatic heterocycles. The fourth-order valence-corrected chi connectivity index (χ4v) is 3.09. The molecule has 0 heterocycles. The molecule has 0 amide bonds. The van der Waals surface area contributed by atoms with E-state index in [0.29, 0.717) is 19.8 Å². The standard InChI is InChI=1S/C23H25NO2/c1-25-23-20(17-26-16-8-15-24)13-14-21(18-9-4-2-5-10-18)22(23)19-11-6-3-7-12-19/h2-7,9-14H,8,15-17,24H2,1H3. The Morgan fingerprint density at radius 2 is 1.46 bits per heavy atom. The molecule has 0 aliphatic carbocycles. The Labute approximate surface area is 155 Å². The van der Waals surface area contributed by atoms with Gasteiger partial charge in [0.15, 0.2) is 0 Å². The molecule has 2 N–H and O–H groups in total. The van der Waals surface area contributed by atoms with E-state index in [2.05, 4.69) is 48.5 Å². The summed E-state index contributed by atoms with van der Waals surface area (Å²) in [5.41, 5.74) is 11.1. The van der Waals surface area contributed by atoms with Gasteiger partial charge < -0.3 is 15.2 Å². The summed E-state index contributed by atoms with van der Waals surface area (Å²) in [4.78, 5) is 0. The molecule has 0 radical (unpaired) electrons. The fourth-order valence-electron chi connectivity index (χ4n) is 3.09. The molecule has 0 unspecified atom stereocenters. The molecule has 26 heavy (non-hydrogen) atoms. The van der Waals surface area contributed by atoms with E-state index in [-0.39, 0.29) is 0 Å². The van der Waals surface area contributed by atoms with E-state index in [4.69, 9.17) is 15.2 Å². The zero-order valence-corrected chi connectivity index (χ0v) is 15.2. The quantitative estimate of drug-likeness (QED) is 0.590. The lowest BCUT2D eigenvalue weighted by molar-refractivity contribution is 0.118. The summed E-state index contributed by atoms with van der Waals surface area (Å²) in [5.74, 6) is 0.866. The molecular formula is C23H25NO2. The van der Waals surface area contributed by atoms with Gasteiger partial charge in [-0.25, -0.2) is 0 Å². The predicted octanol–water partition coefficient (Wildman–Crippen LogP) is 4.89. The fraction of sp³-hybridized carbons (Fsp3) is 0.217. The topological polar surface area (TPSA) is 44.5 Å². The van der Waals surface area contributed by atoms with Crippen LogP contribution in [0.3, 0.4) is 0 Å². The van der Waals surface area contributed by atoms with Crippen molar-refractivity contribution >= 4 is 0 Å². The van der Waals surface area contributed by atoms with Crippen molar-refractivity contribution in [3.63, 3.8) is 0 Å². The van der Waals surface area contributed by atoms with Gasteiger partial charge in [0.05, 0.1) is 13.7 Å². The molecule has 0 saturated carbocycles. The van der Waals surface area contributed by atoms with Crippen LogP contribution in [0, 0.1) is 0 Å². The average molecular weight is 347 g/mol. The van der Waals surface area contributed by atoms with Crippen molar-refractivity contribution in [1.29, 1.82) is 0 Å². The highest BCUT2D eigenvalue weighted by Gasteiger charge is 2.17. The van der Waals surface area contributed by atoms with E-state index >= 15 is 0 Å². The van der Waals surface area contributed by atoms with Crippen molar-refractivity contribution in [3.8, 4) is 28.0 Å². The number of ether oxygens (including phenoxy) is 2. The monoisotopic (exact) mass is 347 g/mol.